The number of rotatable bonds is 6. The van der Waals surface area contributed by atoms with Gasteiger partial charge in [-0.15, -0.1) is 0 Å². The number of fused-ring (bicyclic) bond motifs is 2. The average Bonchev–Trinajstić information content (AvgIpc) is 3.08. The summed E-state index contributed by atoms with van der Waals surface area (Å²) in [6, 6.07) is 1.63. The zero-order chi connectivity index (χ0) is 21.6. The predicted molar refractivity (Wildman–Crippen MR) is 123 cm³/mol. The molecule has 1 aliphatic heterocycles. The van der Waals surface area contributed by atoms with Crippen molar-refractivity contribution in [1.29, 1.82) is 0 Å². The SMILES string of the molecule is CC1(/C=C/S(=O)(=O)NC(=O)Nc2c3c(cc4c2CCC4)CCC3)CCCN1CC1CC1. The van der Waals surface area contributed by atoms with E-state index in [9.17, 15) is 13.2 Å². The Hall–Kier alpha value is -1.86. The Morgan fingerprint density at radius 2 is 1.81 bits per heavy atom. The van der Waals surface area contributed by atoms with Crippen LogP contribution < -0.4 is 10.0 Å². The summed E-state index contributed by atoms with van der Waals surface area (Å²) in [6.45, 7) is 4.15. The molecule has 3 aliphatic carbocycles. The summed E-state index contributed by atoms with van der Waals surface area (Å²) in [5.74, 6) is 0.765. The molecule has 1 saturated carbocycles. The van der Waals surface area contributed by atoms with Crippen LogP contribution in [0.2, 0.25) is 0 Å². The minimum atomic E-state index is -3.86. The molecule has 5 rings (SSSR count). The number of anilines is 1. The number of likely N-dealkylation sites (tertiary alicyclic amines) is 1. The Balaban J connectivity index is 1.28. The minimum Gasteiger partial charge on any atom is -0.307 e. The van der Waals surface area contributed by atoms with Gasteiger partial charge in [-0.25, -0.2) is 17.9 Å². The largest absolute Gasteiger partial charge is 0.333 e. The van der Waals surface area contributed by atoms with Crippen LogP contribution in [-0.2, 0) is 35.7 Å². The van der Waals surface area contributed by atoms with E-state index in [1.54, 1.807) is 6.08 Å². The van der Waals surface area contributed by atoms with E-state index < -0.39 is 16.1 Å². The number of carbonyl (C=O) groups is 1. The number of carbonyl (C=O) groups excluding carboxylic acids is 1. The molecule has 31 heavy (non-hydrogen) atoms. The number of nitrogens with one attached hydrogen (secondary N) is 2. The third kappa shape index (κ3) is 4.40. The fraction of sp³-hybridized carbons (Fsp3) is 0.625. The van der Waals surface area contributed by atoms with Crippen molar-refractivity contribution < 1.29 is 13.2 Å². The third-order valence-corrected chi connectivity index (χ3v) is 8.53. The van der Waals surface area contributed by atoms with Gasteiger partial charge in [-0.1, -0.05) is 12.1 Å². The number of benzene rings is 1. The maximum Gasteiger partial charge on any atom is 0.333 e. The summed E-state index contributed by atoms with van der Waals surface area (Å²) in [6.07, 6.45) is 12.5. The van der Waals surface area contributed by atoms with Crippen LogP contribution in [0.15, 0.2) is 17.6 Å². The fourth-order valence-corrected chi connectivity index (χ4v) is 6.50. The normalized spacial score (nSPS) is 25.7. The Labute approximate surface area is 185 Å². The zero-order valence-corrected chi connectivity index (χ0v) is 19.2. The Kier molecular flexibility index (Phi) is 5.37. The van der Waals surface area contributed by atoms with Crippen LogP contribution in [0.1, 0.15) is 67.7 Å². The van der Waals surface area contributed by atoms with Crippen molar-refractivity contribution >= 4 is 21.7 Å². The summed E-state index contributed by atoms with van der Waals surface area (Å²) in [4.78, 5) is 15.1. The average molecular weight is 444 g/mol. The molecule has 0 bridgehead atoms. The molecular formula is C24H33N3O3S. The van der Waals surface area contributed by atoms with Crippen LogP contribution in [0.3, 0.4) is 0 Å². The summed E-state index contributed by atoms with van der Waals surface area (Å²) >= 11 is 0. The molecule has 0 aromatic heterocycles. The molecule has 1 atom stereocenters. The van der Waals surface area contributed by atoms with Gasteiger partial charge in [0.15, 0.2) is 0 Å². The number of hydrogen-bond donors (Lipinski definition) is 2. The Bertz CT molecular complexity index is 997. The Morgan fingerprint density at radius 1 is 1.13 bits per heavy atom. The van der Waals surface area contributed by atoms with Crippen LogP contribution in [0.4, 0.5) is 10.5 Å². The highest BCUT2D eigenvalue weighted by Crippen LogP contribution is 2.39. The van der Waals surface area contributed by atoms with E-state index in [0.29, 0.717) is 0 Å². The van der Waals surface area contributed by atoms with Crippen LogP contribution >= 0.6 is 0 Å². The first-order valence-electron chi connectivity index (χ1n) is 11.8. The second-order valence-electron chi connectivity index (χ2n) is 9.99. The highest BCUT2D eigenvalue weighted by Gasteiger charge is 2.38. The molecule has 1 heterocycles. The predicted octanol–water partition coefficient (Wildman–Crippen LogP) is 3.89. The minimum absolute atomic E-state index is 0.255. The van der Waals surface area contributed by atoms with Crippen molar-refractivity contribution in [3.05, 3.63) is 39.8 Å². The number of hydrogen-bond acceptors (Lipinski definition) is 4. The standard InChI is InChI=1S/C24H33N3O3S/c1-24(11-4-13-27(24)16-17-9-10-17)12-14-31(29,30)26-23(28)25-22-20-7-2-5-18(20)15-19-6-3-8-21(19)22/h12,14-15,17H,2-11,13,16H2,1H3,(H2,25,26,28)/b14-12+. The van der Waals surface area contributed by atoms with Gasteiger partial charge < -0.3 is 5.32 Å². The van der Waals surface area contributed by atoms with Gasteiger partial charge in [0.25, 0.3) is 10.0 Å². The molecule has 2 amide bonds. The summed E-state index contributed by atoms with van der Waals surface area (Å²) in [7, 11) is -3.86. The lowest BCUT2D eigenvalue weighted by Crippen LogP contribution is -2.41. The van der Waals surface area contributed by atoms with Gasteiger partial charge in [0.05, 0.1) is 0 Å². The van der Waals surface area contributed by atoms with E-state index in [2.05, 4.69) is 27.9 Å². The lowest BCUT2D eigenvalue weighted by atomic mass is 9.99. The number of aryl methyl sites for hydroxylation is 2. The molecule has 1 aromatic rings. The molecule has 168 valence electrons. The van der Waals surface area contributed by atoms with Gasteiger partial charge >= 0.3 is 6.03 Å². The van der Waals surface area contributed by atoms with Crippen molar-refractivity contribution in [2.75, 3.05) is 18.4 Å². The second kappa shape index (κ2) is 7.93. The van der Waals surface area contributed by atoms with Gasteiger partial charge in [-0.3, -0.25) is 4.90 Å². The molecule has 1 saturated heterocycles. The van der Waals surface area contributed by atoms with E-state index in [4.69, 9.17) is 0 Å². The quantitative estimate of drug-likeness (QED) is 0.699. The van der Waals surface area contributed by atoms with Crippen LogP contribution in [-0.4, -0.2) is 38.0 Å². The van der Waals surface area contributed by atoms with Gasteiger partial charge in [-0.05, 0) is 106 Å². The topological polar surface area (TPSA) is 78.5 Å². The van der Waals surface area contributed by atoms with Crippen LogP contribution in [0.5, 0.6) is 0 Å². The van der Waals surface area contributed by atoms with Crippen molar-refractivity contribution in [3.63, 3.8) is 0 Å². The zero-order valence-electron chi connectivity index (χ0n) is 18.4. The Morgan fingerprint density at radius 3 is 2.45 bits per heavy atom. The second-order valence-corrected chi connectivity index (χ2v) is 11.6. The first-order chi connectivity index (χ1) is 14.8. The number of sulfonamides is 1. The summed E-state index contributed by atoms with van der Waals surface area (Å²) < 4.78 is 27.5. The van der Waals surface area contributed by atoms with Gasteiger partial charge in [0.2, 0.25) is 0 Å². The third-order valence-electron chi connectivity index (χ3n) is 7.56. The highest BCUT2D eigenvalue weighted by molar-refractivity contribution is 7.92. The van der Waals surface area contributed by atoms with E-state index in [0.717, 1.165) is 76.1 Å². The maximum atomic E-state index is 12.7. The van der Waals surface area contributed by atoms with Crippen molar-refractivity contribution in [3.8, 4) is 0 Å². The first kappa shape index (κ1) is 21.0. The molecule has 2 fully saturated rings. The highest BCUT2D eigenvalue weighted by atomic mass is 32.2. The molecule has 6 nitrogen and oxygen atoms in total. The molecule has 4 aliphatic rings. The lowest BCUT2D eigenvalue weighted by Gasteiger charge is -2.32. The van der Waals surface area contributed by atoms with Crippen molar-refractivity contribution in [2.45, 2.75) is 76.7 Å². The van der Waals surface area contributed by atoms with Crippen LogP contribution in [0.25, 0.3) is 0 Å². The molecule has 2 N–H and O–H groups in total. The number of urea groups is 1. The van der Waals surface area contributed by atoms with Gasteiger partial charge in [0.1, 0.15) is 0 Å². The molecule has 7 heteroatoms. The number of amides is 2. The van der Waals surface area contributed by atoms with Crippen molar-refractivity contribution in [2.24, 2.45) is 5.92 Å². The van der Waals surface area contributed by atoms with E-state index >= 15 is 0 Å². The molecule has 0 radical (unpaired) electrons. The van der Waals surface area contributed by atoms with Gasteiger partial charge in [-0.2, -0.15) is 0 Å². The molecule has 0 spiro atoms. The smallest absolute Gasteiger partial charge is 0.307 e. The molecule has 1 unspecified atom stereocenters. The van der Waals surface area contributed by atoms with Crippen LogP contribution in [0, 0.1) is 5.92 Å². The fourth-order valence-electron chi connectivity index (χ4n) is 5.65. The van der Waals surface area contributed by atoms with Crippen molar-refractivity contribution in [1.82, 2.24) is 9.62 Å². The van der Waals surface area contributed by atoms with E-state index in [1.165, 1.54) is 40.5 Å². The monoisotopic (exact) mass is 443 g/mol. The number of nitrogens with zero attached hydrogens (tertiary/aromatic N) is 1. The summed E-state index contributed by atoms with van der Waals surface area (Å²) in [5, 5.41) is 4.10. The van der Waals surface area contributed by atoms with Gasteiger partial charge in [0, 0.05) is 23.2 Å². The maximum absolute atomic E-state index is 12.7. The summed E-state index contributed by atoms with van der Waals surface area (Å²) in [5.41, 5.74) is 5.61. The molecule has 1 aromatic carbocycles. The molecular weight excluding hydrogens is 410 g/mol. The van der Waals surface area contributed by atoms with E-state index in [-0.39, 0.29) is 5.54 Å². The first-order valence-corrected chi connectivity index (χ1v) is 13.3. The van der Waals surface area contributed by atoms with E-state index in [1.807, 2.05) is 0 Å². The lowest BCUT2D eigenvalue weighted by molar-refractivity contribution is 0.195.